The zero-order valence-electron chi connectivity index (χ0n) is 8.65. The van der Waals surface area contributed by atoms with E-state index in [0.29, 0.717) is 6.42 Å². The van der Waals surface area contributed by atoms with E-state index in [-0.39, 0.29) is 5.78 Å². The maximum atomic E-state index is 11.8. The third kappa shape index (κ3) is 3.03. The van der Waals surface area contributed by atoms with Gasteiger partial charge in [0.1, 0.15) is 0 Å². The Bertz CT molecular complexity index is 476. The smallest absolute Gasteiger partial charge is 0.173 e. The molecule has 0 unspecified atom stereocenters. The minimum atomic E-state index is 0.222. The number of carbonyl (C=O) groups is 1. The molecule has 2 rings (SSSR count). The average molecular weight is 295 g/mol. The third-order valence-electron chi connectivity index (χ3n) is 2.33. The number of thiophene rings is 1. The lowest BCUT2D eigenvalue weighted by Gasteiger charge is -1.99. The molecule has 1 heterocycles. The molecule has 0 atom stereocenters. The van der Waals surface area contributed by atoms with Gasteiger partial charge in [0.2, 0.25) is 0 Å². The van der Waals surface area contributed by atoms with E-state index in [1.54, 1.807) is 0 Å². The highest BCUT2D eigenvalue weighted by Gasteiger charge is 2.08. The minimum Gasteiger partial charge on any atom is -0.293 e. The molecule has 0 radical (unpaired) electrons. The van der Waals surface area contributed by atoms with Gasteiger partial charge in [0.15, 0.2) is 5.78 Å². The first kappa shape index (κ1) is 11.6. The van der Waals surface area contributed by atoms with E-state index in [1.807, 2.05) is 30.3 Å². The van der Waals surface area contributed by atoms with Crippen LogP contribution in [-0.2, 0) is 6.42 Å². The predicted molar refractivity (Wildman–Crippen MR) is 71.1 cm³/mol. The summed E-state index contributed by atoms with van der Waals surface area (Å²) in [6, 6.07) is 13.9. The van der Waals surface area contributed by atoms with Crippen LogP contribution in [0, 0.1) is 0 Å². The van der Waals surface area contributed by atoms with Gasteiger partial charge in [-0.3, -0.25) is 4.79 Å². The van der Waals surface area contributed by atoms with E-state index in [1.165, 1.54) is 16.9 Å². The van der Waals surface area contributed by atoms with Crippen LogP contribution in [0.5, 0.6) is 0 Å². The van der Waals surface area contributed by atoms with Gasteiger partial charge in [-0.25, -0.2) is 0 Å². The van der Waals surface area contributed by atoms with Crippen molar-refractivity contribution in [2.75, 3.05) is 0 Å². The van der Waals surface area contributed by atoms with E-state index in [4.69, 9.17) is 0 Å². The lowest BCUT2D eigenvalue weighted by molar-refractivity contribution is 0.0987. The van der Waals surface area contributed by atoms with Crippen LogP contribution in [0.15, 0.2) is 46.3 Å². The number of hydrogen-bond acceptors (Lipinski definition) is 2. The van der Waals surface area contributed by atoms with Crippen molar-refractivity contribution >= 4 is 33.0 Å². The average Bonchev–Trinajstić information content (AvgIpc) is 2.74. The number of carbonyl (C=O) groups excluding carboxylic acids is 1. The van der Waals surface area contributed by atoms with Crippen LogP contribution < -0.4 is 0 Å². The summed E-state index contributed by atoms with van der Waals surface area (Å²) in [4.78, 5) is 12.7. The van der Waals surface area contributed by atoms with Crippen LogP contribution in [0.4, 0.5) is 0 Å². The fourth-order valence-electron chi connectivity index (χ4n) is 1.49. The number of Topliss-reactive ketones (excluding diaryl/α,β-unsaturated/α-hetero) is 1. The van der Waals surface area contributed by atoms with Gasteiger partial charge in [-0.1, -0.05) is 30.3 Å². The Labute approximate surface area is 107 Å². The van der Waals surface area contributed by atoms with Gasteiger partial charge < -0.3 is 0 Å². The Morgan fingerprint density at radius 1 is 1.12 bits per heavy atom. The monoisotopic (exact) mass is 294 g/mol. The van der Waals surface area contributed by atoms with Crippen molar-refractivity contribution in [1.29, 1.82) is 0 Å². The van der Waals surface area contributed by atoms with Crippen molar-refractivity contribution < 1.29 is 4.79 Å². The highest BCUT2D eigenvalue weighted by atomic mass is 79.9. The molecule has 0 saturated heterocycles. The second-order valence-corrected chi connectivity index (χ2v) is 5.98. The first-order valence-corrected chi connectivity index (χ1v) is 6.69. The second-order valence-electron chi connectivity index (χ2n) is 3.51. The summed E-state index contributed by atoms with van der Waals surface area (Å²) in [7, 11) is 0. The van der Waals surface area contributed by atoms with E-state index in [2.05, 4.69) is 28.1 Å². The van der Waals surface area contributed by atoms with E-state index < -0.39 is 0 Å². The van der Waals surface area contributed by atoms with Crippen molar-refractivity contribution in [1.82, 2.24) is 0 Å². The molecular formula is C13H11BrOS. The van der Waals surface area contributed by atoms with Gasteiger partial charge in [0.25, 0.3) is 0 Å². The highest BCUT2D eigenvalue weighted by Crippen LogP contribution is 2.23. The Balaban J connectivity index is 1.94. The molecule has 0 fully saturated rings. The Morgan fingerprint density at radius 2 is 1.88 bits per heavy atom. The van der Waals surface area contributed by atoms with Crippen LogP contribution in [0.3, 0.4) is 0 Å². The largest absolute Gasteiger partial charge is 0.293 e. The van der Waals surface area contributed by atoms with Gasteiger partial charge in [0.05, 0.1) is 8.66 Å². The Hall–Kier alpha value is -0.930. The molecule has 1 nitrogen and oxygen atoms in total. The summed E-state index contributed by atoms with van der Waals surface area (Å²) in [6.07, 6.45) is 1.39. The number of hydrogen-bond donors (Lipinski definition) is 0. The Kier molecular flexibility index (Phi) is 3.91. The highest BCUT2D eigenvalue weighted by molar-refractivity contribution is 9.11. The number of aryl methyl sites for hydroxylation is 1. The lowest BCUT2D eigenvalue weighted by atomic mass is 10.1. The quantitative estimate of drug-likeness (QED) is 0.767. The number of rotatable bonds is 4. The van der Waals surface area contributed by atoms with E-state index >= 15 is 0 Å². The fourth-order valence-corrected chi connectivity index (χ4v) is 2.84. The van der Waals surface area contributed by atoms with Crippen LogP contribution >= 0.6 is 27.3 Å². The fraction of sp³-hybridized carbons (Fsp3) is 0.154. The van der Waals surface area contributed by atoms with Crippen molar-refractivity contribution in [3.05, 3.63) is 56.7 Å². The molecular weight excluding hydrogens is 284 g/mol. The molecule has 0 aliphatic rings. The van der Waals surface area contributed by atoms with Crippen molar-refractivity contribution in [2.45, 2.75) is 12.8 Å². The topological polar surface area (TPSA) is 17.1 Å². The molecule has 0 aliphatic heterocycles. The molecule has 82 valence electrons. The zero-order valence-corrected chi connectivity index (χ0v) is 11.1. The standard InChI is InChI=1S/C13H11BrOS/c14-13-9-8-12(16-13)11(15)7-6-10-4-2-1-3-5-10/h1-5,8-9H,6-7H2. The molecule has 1 aromatic heterocycles. The maximum Gasteiger partial charge on any atom is 0.173 e. The third-order valence-corrected chi connectivity index (χ3v) is 4.00. The first-order chi connectivity index (χ1) is 7.75. The van der Waals surface area contributed by atoms with Crippen molar-refractivity contribution in [3.8, 4) is 0 Å². The first-order valence-electron chi connectivity index (χ1n) is 5.08. The summed E-state index contributed by atoms with van der Waals surface area (Å²) in [6.45, 7) is 0. The molecule has 3 heteroatoms. The van der Waals surface area contributed by atoms with Gasteiger partial charge in [-0.15, -0.1) is 11.3 Å². The normalized spacial score (nSPS) is 10.3. The summed E-state index contributed by atoms with van der Waals surface area (Å²) < 4.78 is 1.01. The molecule has 0 spiro atoms. The van der Waals surface area contributed by atoms with Gasteiger partial charge >= 0.3 is 0 Å². The van der Waals surface area contributed by atoms with Crippen LogP contribution in [0.1, 0.15) is 21.7 Å². The summed E-state index contributed by atoms with van der Waals surface area (Å²) in [5, 5.41) is 0. The summed E-state index contributed by atoms with van der Waals surface area (Å²) >= 11 is 4.86. The molecule has 0 bridgehead atoms. The van der Waals surface area contributed by atoms with Crippen LogP contribution in [0.25, 0.3) is 0 Å². The minimum absolute atomic E-state index is 0.222. The second kappa shape index (κ2) is 5.41. The number of ketones is 1. The molecule has 1 aromatic carbocycles. The van der Waals surface area contributed by atoms with Crippen LogP contribution in [0.2, 0.25) is 0 Å². The molecule has 0 amide bonds. The van der Waals surface area contributed by atoms with Crippen LogP contribution in [-0.4, -0.2) is 5.78 Å². The van der Waals surface area contributed by atoms with E-state index in [9.17, 15) is 4.79 Å². The van der Waals surface area contributed by atoms with Gasteiger partial charge in [-0.2, -0.15) is 0 Å². The SMILES string of the molecule is O=C(CCc1ccccc1)c1ccc(Br)s1. The predicted octanol–water partition coefficient (Wildman–Crippen LogP) is 4.33. The number of halogens is 1. The number of benzene rings is 1. The Morgan fingerprint density at radius 3 is 2.50 bits per heavy atom. The summed E-state index contributed by atoms with van der Waals surface area (Å²) in [5.41, 5.74) is 1.21. The van der Waals surface area contributed by atoms with Gasteiger partial charge in [0, 0.05) is 6.42 Å². The lowest BCUT2D eigenvalue weighted by Crippen LogP contribution is -1.98. The van der Waals surface area contributed by atoms with Crippen molar-refractivity contribution in [3.63, 3.8) is 0 Å². The van der Waals surface area contributed by atoms with E-state index in [0.717, 1.165) is 15.1 Å². The molecule has 2 aromatic rings. The molecule has 0 saturated carbocycles. The van der Waals surface area contributed by atoms with Gasteiger partial charge in [-0.05, 0) is 40.0 Å². The summed E-state index contributed by atoms with van der Waals surface area (Å²) in [5.74, 6) is 0.222. The molecule has 0 aliphatic carbocycles. The van der Waals surface area contributed by atoms with Crippen molar-refractivity contribution in [2.24, 2.45) is 0 Å². The molecule has 0 N–H and O–H groups in total. The zero-order chi connectivity index (χ0) is 11.4. The molecule has 16 heavy (non-hydrogen) atoms. The maximum absolute atomic E-state index is 11.8.